The Kier molecular flexibility index (Phi) is 5.03. The zero-order chi connectivity index (χ0) is 15.4. The maximum absolute atomic E-state index is 5.92. The molecule has 0 radical (unpaired) electrons. The van der Waals surface area contributed by atoms with Crippen LogP contribution in [0.3, 0.4) is 0 Å². The van der Waals surface area contributed by atoms with Crippen LogP contribution in [0, 0.1) is 0 Å². The smallest absolute Gasteiger partial charge is 0.132 e. The second kappa shape index (κ2) is 7.18. The minimum Gasteiger partial charge on any atom is -0.496 e. The first-order chi connectivity index (χ1) is 10.8. The van der Waals surface area contributed by atoms with Gasteiger partial charge in [0.15, 0.2) is 0 Å². The van der Waals surface area contributed by atoms with E-state index >= 15 is 0 Å². The maximum Gasteiger partial charge on any atom is 0.132 e. The zero-order valence-electron chi connectivity index (χ0n) is 12.0. The van der Waals surface area contributed by atoms with Gasteiger partial charge in [-0.3, -0.25) is 0 Å². The molecule has 3 rings (SSSR count). The predicted molar refractivity (Wildman–Crippen MR) is 95.1 cm³/mol. The van der Waals surface area contributed by atoms with Crippen LogP contribution in [-0.4, -0.2) is 12.1 Å². The highest BCUT2D eigenvalue weighted by Gasteiger charge is 2.07. The number of benzene rings is 2. The fourth-order valence-corrected chi connectivity index (χ4v) is 3.97. The molecule has 0 fully saturated rings. The van der Waals surface area contributed by atoms with Crippen molar-refractivity contribution in [3.05, 3.63) is 64.6 Å². The number of rotatable bonds is 5. The Bertz CT molecular complexity index is 755. The molecule has 1 aromatic heterocycles. The van der Waals surface area contributed by atoms with E-state index in [1.54, 1.807) is 30.2 Å². The molecule has 0 aliphatic heterocycles. The molecule has 0 saturated heterocycles. The summed E-state index contributed by atoms with van der Waals surface area (Å²) in [7, 11) is 1.70. The molecule has 1 heterocycles. The minimum atomic E-state index is 0.743. The lowest BCUT2D eigenvalue weighted by Gasteiger charge is -2.06. The van der Waals surface area contributed by atoms with Crippen LogP contribution in [0.1, 0.15) is 5.69 Å². The van der Waals surface area contributed by atoms with E-state index in [1.165, 1.54) is 0 Å². The third kappa shape index (κ3) is 3.64. The summed E-state index contributed by atoms with van der Waals surface area (Å²) in [6, 6.07) is 15.8. The molecule has 112 valence electrons. The van der Waals surface area contributed by atoms with Crippen LogP contribution in [0.4, 0.5) is 0 Å². The molecule has 0 spiro atoms. The molecule has 0 bridgehead atoms. The van der Waals surface area contributed by atoms with Gasteiger partial charge in [0.1, 0.15) is 10.8 Å². The molecule has 22 heavy (non-hydrogen) atoms. The van der Waals surface area contributed by atoms with Crippen LogP contribution >= 0.6 is 34.7 Å². The van der Waals surface area contributed by atoms with Gasteiger partial charge in [-0.25, -0.2) is 4.98 Å². The number of aromatic nitrogens is 1. The van der Waals surface area contributed by atoms with Gasteiger partial charge < -0.3 is 4.74 Å². The monoisotopic (exact) mass is 347 g/mol. The molecule has 0 saturated carbocycles. The van der Waals surface area contributed by atoms with E-state index in [1.807, 2.05) is 42.5 Å². The van der Waals surface area contributed by atoms with Crippen LogP contribution in [0.5, 0.6) is 5.75 Å². The van der Waals surface area contributed by atoms with Gasteiger partial charge in [0.25, 0.3) is 0 Å². The number of hydrogen-bond acceptors (Lipinski definition) is 4. The van der Waals surface area contributed by atoms with E-state index < -0.39 is 0 Å². The van der Waals surface area contributed by atoms with E-state index in [9.17, 15) is 0 Å². The lowest BCUT2D eigenvalue weighted by atomic mass is 10.2. The fraction of sp³-hybridized carbons (Fsp3) is 0.118. The van der Waals surface area contributed by atoms with E-state index in [4.69, 9.17) is 21.3 Å². The number of thioether (sulfide) groups is 1. The van der Waals surface area contributed by atoms with Gasteiger partial charge >= 0.3 is 0 Å². The van der Waals surface area contributed by atoms with E-state index in [0.717, 1.165) is 37.7 Å². The summed E-state index contributed by atoms with van der Waals surface area (Å²) in [5.74, 6) is 1.73. The van der Waals surface area contributed by atoms with Gasteiger partial charge in [-0.05, 0) is 24.3 Å². The summed E-state index contributed by atoms with van der Waals surface area (Å²) in [5, 5.41) is 3.87. The summed E-state index contributed by atoms with van der Waals surface area (Å²) < 4.78 is 5.37. The average molecular weight is 348 g/mol. The molecule has 0 N–H and O–H groups in total. The quantitative estimate of drug-likeness (QED) is 0.547. The standard InChI is InChI=1S/C17H14ClNOS2/c1-20-15-4-2-3-5-16(15)21-10-14-11-22-17(19-14)12-6-8-13(18)9-7-12/h2-9,11H,10H2,1H3. The third-order valence-electron chi connectivity index (χ3n) is 3.09. The van der Waals surface area contributed by atoms with Crippen LogP contribution in [0.15, 0.2) is 58.8 Å². The fourth-order valence-electron chi connectivity index (χ4n) is 1.99. The van der Waals surface area contributed by atoms with Crippen molar-refractivity contribution in [3.63, 3.8) is 0 Å². The van der Waals surface area contributed by atoms with Crippen molar-refractivity contribution in [2.45, 2.75) is 10.6 Å². The van der Waals surface area contributed by atoms with Crippen molar-refractivity contribution < 1.29 is 4.74 Å². The second-order valence-corrected chi connectivity index (χ2v) is 6.90. The maximum atomic E-state index is 5.92. The second-order valence-electron chi connectivity index (χ2n) is 4.59. The Hall–Kier alpha value is -1.49. The molecular formula is C17H14ClNOS2. The first-order valence-corrected chi connectivity index (χ1v) is 8.97. The van der Waals surface area contributed by atoms with Gasteiger partial charge in [0.2, 0.25) is 0 Å². The highest BCUT2D eigenvalue weighted by Crippen LogP contribution is 2.32. The Morgan fingerprint density at radius 1 is 1.14 bits per heavy atom. The predicted octanol–water partition coefficient (Wildman–Crippen LogP) is 5.76. The molecule has 2 nitrogen and oxygen atoms in total. The molecule has 0 amide bonds. The highest BCUT2D eigenvalue weighted by atomic mass is 35.5. The summed E-state index contributed by atoms with van der Waals surface area (Å²) >= 11 is 9.31. The molecule has 5 heteroatoms. The van der Waals surface area contributed by atoms with Crippen LogP contribution in [0.25, 0.3) is 10.6 Å². The first kappa shape index (κ1) is 15.4. The Labute approximate surface area is 143 Å². The van der Waals surface area contributed by atoms with Crippen LogP contribution < -0.4 is 4.74 Å². The van der Waals surface area contributed by atoms with Crippen molar-refractivity contribution >= 4 is 34.7 Å². The van der Waals surface area contributed by atoms with Crippen molar-refractivity contribution in [1.82, 2.24) is 4.98 Å². The summed E-state index contributed by atoms with van der Waals surface area (Å²) in [6.45, 7) is 0. The Morgan fingerprint density at radius 3 is 2.68 bits per heavy atom. The number of para-hydroxylation sites is 1. The van der Waals surface area contributed by atoms with Gasteiger partial charge in [0.05, 0.1) is 12.8 Å². The number of thiazole rings is 1. The summed E-state index contributed by atoms with van der Waals surface area (Å²) in [4.78, 5) is 5.83. The lowest BCUT2D eigenvalue weighted by molar-refractivity contribution is 0.405. The third-order valence-corrected chi connectivity index (χ3v) is 5.37. The van der Waals surface area contributed by atoms with Gasteiger partial charge in [-0.15, -0.1) is 23.1 Å². The van der Waals surface area contributed by atoms with E-state index in [0.29, 0.717) is 0 Å². The minimum absolute atomic E-state index is 0.743. The van der Waals surface area contributed by atoms with E-state index in [2.05, 4.69) is 11.4 Å². The highest BCUT2D eigenvalue weighted by molar-refractivity contribution is 7.98. The van der Waals surface area contributed by atoms with Crippen LogP contribution in [-0.2, 0) is 5.75 Å². The molecule has 0 aliphatic rings. The molecular weight excluding hydrogens is 334 g/mol. The number of ether oxygens (including phenoxy) is 1. The van der Waals surface area contributed by atoms with E-state index in [-0.39, 0.29) is 0 Å². The first-order valence-electron chi connectivity index (χ1n) is 6.72. The number of methoxy groups -OCH3 is 1. The topological polar surface area (TPSA) is 22.1 Å². The Morgan fingerprint density at radius 2 is 1.91 bits per heavy atom. The zero-order valence-corrected chi connectivity index (χ0v) is 14.3. The van der Waals surface area contributed by atoms with Gasteiger partial charge in [-0.1, -0.05) is 35.9 Å². The van der Waals surface area contributed by atoms with Gasteiger partial charge in [-0.2, -0.15) is 0 Å². The normalized spacial score (nSPS) is 10.6. The van der Waals surface area contributed by atoms with Crippen molar-refractivity contribution in [3.8, 4) is 16.3 Å². The number of hydrogen-bond donors (Lipinski definition) is 0. The SMILES string of the molecule is COc1ccccc1SCc1csc(-c2ccc(Cl)cc2)n1. The molecule has 2 aromatic carbocycles. The van der Waals surface area contributed by atoms with Crippen molar-refractivity contribution in [2.75, 3.05) is 7.11 Å². The molecule has 0 aliphatic carbocycles. The molecule has 0 unspecified atom stereocenters. The van der Waals surface area contributed by atoms with Crippen molar-refractivity contribution in [2.24, 2.45) is 0 Å². The number of nitrogens with zero attached hydrogens (tertiary/aromatic N) is 1. The summed E-state index contributed by atoms with van der Waals surface area (Å²) in [6.07, 6.45) is 0. The van der Waals surface area contributed by atoms with Crippen molar-refractivity contribution in [1.29, 1.82) is 0 Å². The van der Waals surface area contributed by atoms with Crippen LogP contribution in [0.2, 0.25) is 5.02 Å². The molecule has 0 atom stereocenters. The summed E-state index contributed by atoms with van der Waals surface area (Å²) in [5.41, 5.74) is 2.17. The Balaban J connectivity index is 1.71. The number of halogens is 1. The largest absolute Gasteiger partial charge is 0.496 e. The lowest BCUT2D eigenvalue weighted by Crippen LogP contribution is -1.87. The molecule has 3 aromatic rings. The van der Waals surface area contributed by atoms with Gasteiger partial charge in [0, 0.05) is 26.6 Å². The average Bonchev–Trinajstić information content (AvgIpc) is 3.03.